The average Bonchev–Trinajstić information content (AvgIpc) is 2.73. The normalized spacial score (nSPS) is 9.59. The largest absolute Gasteiger partial charge is 0.386 e. The van der Waals surface area contributed by atoms with E-state index in [2.05, 4.69) is 19.6 Å². The molecule has 0 bridgehead atoms. The molecule has 2 aromatic carbocycles. The lowest BCUT2D eigenvalue weighted by atomic mass is 10.2. The van der Waals surface area contributed by atoms with E-state index in [-0.39, 0.29) is 0 Å². The van der Waals surface area contributed by atoms with Crippen molar-refractivity contribution in [2.75, 3.05) is 0 Å². The molecule has 29 heavy (non-hydrogen) atoms. The molecule has 2 rings (SSSR count). The summed E-state index contributed by atoms with van der Waals surface area (Å²) in [5, 5.41) is 15.2. The van der Waals surface area contributed by atoms with Gasteiger partial charge in [-0.1, -0.05) is 36.4 Å². The topological polar surface area (TPSA) is 129 Å². The number of carbonyl (C=O) groups excluding carboxylic acids is 3. The van der Waals surface area contributed by atoms with Crippen LogP contribution in [-0.2, 0) is 24.3 Å². The molecule has 158 valence electrons. The molecule has 0 amide bonds. The van der Waals surface area contributed by atoms with Crippen LogP contribution in [0, 0.1) is 0 Å². The molecule has 0 atom stereocenters. The Bertz CT molecular complexity index is 686. The zero-order valence-corrected chi connectivity index (χ0v) is 16.5. The van der Waals surface area contributed by atoms with Crippen LogP contribution in [0.5, 0.6) is 0 Å². The second kappa shape index (κ2) is 13.8. The number of hydrogen-bond donors (Lipinski definition) is 2. The molecule has 0 saturated carbocycles. The van der Waals surface area contributed by atoms with Crippen molar-refractivity contribution in [3.63, 3.8) is 0 Å². The maximum absolute atomic E-state index is 11.5. The second-order valence-corrected chi connectivity index (χ2v) is 6.26. The first-order valence-corrected chi connectivity index (χ1v) is 8.28. The van der Waals surface area contributed by atoms with Crippen LogP contribution in [0.2, 0.25) is 0 Å². The van der Waals surface area contributed by atoms with Gasteiger partial charge in [0, 0.05) is 6.92 Å². The van der Waals surface area contributed by atoms with Crippen LogP contribution in [0.3, 0.4) is 0 Å². The van der Waals surface area contributed by atoms with Crippen molar-refractivity contribution < 1.29 is 44.4 Å². The van der Waals surface area contributed by atoms with E-state index in [9.17, 15) is 14.4 Å². The molecular weight excluding hydrogens is 384 g/mol. The minimum atomic E-state index is -0.708. The van der Waals surface area contributed by atoms with Crippen LogP contribution < -0.4 is 0 Å². The van der Waals surface area contributed by atoms with Crippen molar-refractivity contribution >= 4 is 17.9 Å². The Morgan fingerprint density at radius 1 is 0.724 bits per heavy atom. The minimum Gasteiger partial charge on any atom is -0.301 e. The van der Waals surface area contributed by atoms with E-state index < -0.39 is 23.5 Å². The van der Waals surface area contributed by atoms with Gasteiger partial charge in [-0.05, 0) is 45.0 Å². The molecule has 0 fully saturated rings. The molecule has 0 spiro atoms. The molecular formula is C20H24O9. The highest BCUT2D eigenvalue weighted by Crippen LogP contribution is 2.05. The Labute approximate surface area is 168 Å². The first kappa shape index (κ1) is 25.7. The minimum absolute atomic E-state index is 0.318. The second-order valence-electron chi connectivity index (χ2n) is 6.26. The summed E-state index contributed by atoms with van der Waals surface area (Å²) in [5.41, 5.74) is 0.233. The predicted molar refractivity (Wildman–Crippen MR) is 102 cm³/mol. The van der Waals surface area contributed by atoms with E-state index >= 15 is 0 Å². The fraction of sp³-hybridized carbons (Fsp3) is 0.250. The fourth-order valence-electron chi connectivity index (χ4n) is 1.32. The van der Waals surface area contributed by atoms with Crippen LogP contribution >= 0.6 is 0 Å². The van der Waals surface area contributed by atoms with E-state index in [1.165, 1.54) is 0 Å². The zero-order chi connectivity index (χ0) is 22.3. The first-order chi connectivity index (χ1) is 13.6. The predicted octanol–water partition coefficient (Wildman–Crippen LogP) is 3.91. The van der Waals surface area contributed by atoms with Crippen LogP contribution in [-0.4, -0.2) is 34.0 Å². The lowest BCUT2D eigenvalue weighted by molar-refractivity contribution is -0.306. The molecule has 2 aromatic rings. The van der Waals surface area contributed by atoms with Crippen molar-refractivity contribution in [1.29, 1.82) is 0 Å². The van der Waals surface area contributed by atoms with Crippen LogP contribution in [0.1, 0.15) is 48.4 Å². The number of benzene rings is 2. The summed E-state index contributed by atoms with van der Waals surface area (Å²) in [7, 11) is 0. The smallest absolute Gasteiger partial charge is 0.301 e. The highest BCUT2D eigenvalue weighted by Gasteiger charge is 2.13. The summed E-state index contributed by atoms with van der Waals surface area (Å²) in [4.78, 5) is 48.3. The summed E-state index contributed by atoms with van der Waals surface area (Å²) in [6.45, 7) is 6.42. The quantitative estimate of drug-likeness (QED) is 0.561. The molecule has 0 radical (unpaired) electrons. The summed E-state index contributed by atoms with van der Waals surface area (Å²) in [5.74, 6) is -2.11. The number of rotatable bonds is 2. The van der Waals surface area contributed by atoms with Crippen LogP contribution in [0.15, 0.2) is 60.7 Å². The van der Waals surface area contributed by atoms with E-state index in [1.807, 2.05) is 0 Å². The van der Waals surface area contributed by atoms with Gasteiger partial charge < -0.3 is 4.89 Å². The number of carbonyl (C=O) groups is 3. The lowest BCUT2D eigenvalue weighted by Gasteiger charge is -2.10. The van der Waals surface area contributed by atoms with Gasteiger partial charge in [-0.25, -0.2) is 29.0 Å². The molecule has 0 saturated heterocycles. The highest BCUT2D eigenvalue weighted by atomic mass is 17.2. The molecule has 0 aliphatic rings. The molecule has 2 N–H and O–H groups in total. The maximum Gasteiger partial charge on any atom is 0.386 e. The Kier molecular flexibility index (Phi) is 12.3. The molecule has 0 aromatic heterocycles. The molecule has 9 heteroatoms. The van der Waals surface area contributed by atoms with Crippen molar-refractivity contribution in [3.8, 4) is 0 Å². The molecule has 0 unspecified atom stereocenters. The summed E-state index contributed by atoms with van der Waals surface area (Å²) >= 11 is 0. The molecule has 0 heterocycles. The van der Waals surface area contributed by atoms with E-state index in [4.69, 9.17) is 10.5 Å². The number of hydrogen-bond acceptors (Lipinski definition) is 9. The van der Waals surface area contributed by atoms with Gasteiger partial charge in [0.25, 0.3) is 0 Å². The van der Waals surface area contributed by atoms with Gasteiger partial charge in [0.2, 0.25) is 0 Å². The lowest BCUT2D eigenvalue weighted by Crippen LogP contribution is -2.15. The summed E-state index contributed by atoms with van der Waals surface area (Å²) < 4.78 is 0. The SMILES string of the molecule is CC(=O)OO.CC(C)(C)OO.O=C(OOC(=O)c1ccccc1)c1ccccc1. The Morgan fingerprint density at radius 2 is 1.00 bits per heavy atom. The molecule has 0 aliphatic carbocycles. The van der Waals surface area contributed by atoms with E-state index in [1.54, 1.807) is 81.4 Å². The van der Waals surface area contributed by atoms with Gasteiger partial charge in [0.05, 0.1) is 16.7 Å². The average molecular weight is 408 g/mol. The van der Waals surface area contributed by atoms with Gasteiger partial charge in [0.1, 0.15) is 0 Å². The zero-order valence-electron chi connectivity index (χ0n) is 16.5. The maximum atomic E-state index is 11.5. The summed E-state index contributed by atoms with van der Waals surface area (Å²) in [6, 6.07) is 16.6. The first-order valence-electron chi connectivity index (χ1n) is 8.28. The van der Waals surface area contributed by atoms with Crippen molar-refractivity contribution in [1.82, 2.24) is 0 Å². The van der Waals surface area contributed by atoms with Crippen LogP contribution in [0.4, 0.5) is 0 Å². The van der Waals surface area contributed by atoms with Crippen molar-refractivity contribution in [3.05, 3.63) is 71.8 Å². The van der Waals surface area contributed by atoms with Gasteiger partial charge in [-0.15, -0.1) is 0 Å². The Morgan fingerprint density at radius 3 is 1.21 bits per heavy atom. The van der Waals surface area contributed by atoms with E-state index in [0.717, 1.165) is 6.92 Å². The standard InChI is InChI=1S/C14H10O4.C4H10O2.C2H4O3/c15-13(11-7-3-1-4-8-11)17-18-14(16)12-9-5-2-6-10-12;1-4(2,3)6-5;1-2(3)5-4/h1-10H;5H,1-3H3;4H,1H3. The molecule has 9 nitrogen and oxygen atoms in total. The van der Waals surface area contributed by atoms with E-state index in [0.29, 0.717) is 11.1 Å². The van der Waals surface area contributed by atoms with Gasteiger partial charge in [-0.2, -0.15) is 5.26 Å². The highest BCUT2D eigenvalue weighted by molar-refractivity contribution is 5.92. The van der Waals surface area contributed by atoms with Crippen molar-refractivity contribution in [2.24, 2.45) is 0 Å². The van der Waals surface area contributed by atoms with Gasteiger partial charge in [-0.3, -0.25) is 5.26 Å². The Hall–Kier alpha value is -3.27. The van der Waals surface area contributed by atoms with Crippen LogP contribution in [0.25, 0.3) is 0 Å². The Balaban J connectivity index is 0.000000591. The van der Waals surface area contributed by atoms with Gasteiger partial charge in [0.15, 0.2) is 0 Å². The van der Waals surface area contributed by atoms with Crippen molar-refractivity contribution in [2.45, 2.75) is 33.3 Å². The third-order valence-corrected chi connectivity index (χ3v) is 2.61. The summed E-state index contributed by atoms with van der Waals surface area (Å²) in [6.07, 6.45) is 0. The van der Waals surface area contributed by atoms with Gasteiger partial charge >= 0.3 is 17.9 Å². The third-order valence-electron chi connectivity index (χ3n) is 2.61. The third kappa shape index (κ3) is 13.5. The molecule has 0 aliphatic heterocycles. The monoisotopic (exact) mass is 408 g/mol. The fourth-order valence-corrected chi connectivity index (χ4v) is 1.32.